The molecule has 1 aromatic carbocycles. The third-order valence-corrected chi connectivity index (χ3v) is 5.07. The first-order valence-electron chi connectivity index (χ1n) is 7.72. The van der Waals surface area contributed by atoms with E-state index in [2.05, 4.69) is 75.7 Å². The van der Waals surface area contributed by atoms with Gasteiger partial charge in [-0.15, -0.1) is 6.58 Å². The van der Waals surface area contributed by atoms with Crippen molar-refractivity contribution in [3.63, 3.8) is 0 Å². The second-order valence-electron chi connectivity index (χ2n) is 7.41. The van der Waals surface area contributed by atoms with Crippen molar-refractivity contribution in [3.8, 4) is 0 Å². The highest BCUT2D eigenvalue weighted by molar-refractivity contribution is 6.76. The molecule has 20 heavy (non-hydrogen) atoms. The maximum Gasteiger partial charge on any atom is 0.0483 e. The van der Waals surface area contributed by atoms with Gasteiger partial charge in [0, 0.05) is 20.7 Å². The molecule has 0 unspecified atom stereocenters. The Morgan fingerprint density at radius 1 is 1.15 bits per heavy atom. The molecule has 0 saturated heterocycles. The van der Waals surface area contributed by atoms with E-state index in [1.165, 1.54) is 17.2 Å². The second-order valence-corrected chi connectivity index (χ2v) is 12.9. The average Bonchev–Trinajstić information content (AvgIpc) is 2.33. The van der Waals surface area contributed by atoms with Gasteiger partial charge in [0.25, 0.3) is 0 Å². The van der Waals surface area contributed by atoms with Crippen LogP contribution in [0.2, 0.25) is 25.7 Å². The average molecular weight is 290 g/mol. The van der Waals surface area contributed by atoms with E-state index < -0.39 is 8.07 Å². The lowest BCUT2D eigenvalue weighted by Crippen LogP contribution is -2.34. The van der Waals surface area contributed by atoms with Gasteiger partial charge in [-0.25, -0.2) is 0 Å². The predicted molar refractivity (Wildman–Crippen MR) is 93.8 cm³/mol. The molecule has 0 amide bonds. The van der Waals surface area contributed by atoms with Crippen molar-refractivity contribution in [3.05, 3.63) is 48.0 Å². The van der Waals surface area contributed by atoms with Crippen LogP contribution in [-0.4, -0.2) is 14.1 Å². The Morgan fingerprint density at radius 2 is 1.75 bits per heavy atom. The zero-order valence-corrected chi connectivity index (χ0v) is 14.9. The van der Waals surface area contributed by atoms with Crippen molar-refractivity contribution in [2.75, 3.05) is 0 Å². The van der Waals surface area contributed by atoms with E-state index in [1.807, 2.05) is 0 Å². The Morgan fingerprint density at radius 3 is 2.25 bits per heavy atom. The highest BCUT2D eigenvalue weighted by Gasteiger charge is 2.19. The van der Waals surface area contributed by atoms with Crippen LogP contribution in [0.4, 0.5) is 0 Å². The van der Waals surface area contributed by atoms with E-state index in [9.17, 15) is 0 Å². The summed E-state index contributed by atoms with van der Waals surface area (Å²) in [5.41, 5.74) is 2.78. The van der Waals surface area contributed by atoms with Gasteiger partial charge >= 0.3 is 0 Å². The summed E-state index contributed by atoms with van der Waals surface area (Å²) in [5, 5.41) is 3.71. The van der Waals surface area contributed by atoms with Gasteiger partial charge in [-0.1, -0.05) is 69.4 Å². The van der Waals surface area contributed by atoms with Crippen molar-refractivity contribution < 1.29 is 0 Å². The Bertz CT molecular complexity index is 403. The first-order valence-corrected chi connectivity index (χ1v) is 11.4. The van der Waals surface area contributed by atoms with E-state index in [0.717, 1.165) is 13.0 Å². The molecule has 112 valence electrons. The molecule has 0 spiro atoms. The predicted octanol–water partition coefficient (Wildman–Crippen LogP) is 5.09. The fourth-order valence-electron chi connectivity index (χ4n) is 2.52. The molecule has 1 N–H and O–H groups in total. The van der Waals surface area contributed by atoms with Crippen LogP contribution >= 0.6 is 0 Å². The fourth-order valence-corrected chi connectivity index (χ4v) is 4.17. The normalized spacial score (nSPS) is 13.5. The molecule has 2 heteroatoms. The molecule has 0 radical (unpaired) electrons. The topological polar surface area (TPSA) is 12.0 Å². The van der Waals surface area contributed by atoms with Gasteiger partial charge in [-0.2, -0.15) is 0 Å². The van der Waals surface area contributed by atoms with Gasteiger partial charge in [0.15, 0.2) is 0 Å². The molecular formula is C18H31NSi. The molecule has 0 aliphatic heterocycles. The summed E-state index contributed by atoms with van der Waals surface area (Å²) in [7, 11) is -1.04. The van der Waals surface area contributed by atoms with Gasteiger partial charge in [-0.05, 0) is 23.9 Å². The molecule has 0 fully saturated rings. The molecule has 1 atom stereocenters. The highest BCUT2D eigenvalue weighted by atomic mass is 28.3. The minimum atomic E-state index is -1.04. The van der Waals surface area contributed by atoms with Crippen LogP contribution in [0, 0.1) is 5.92 Å². The Hall–Kier alpha value is -0.863. The van der Waals surface area contributed by atoms with Crippen molar-refractivity contribution in [1.82, 2.24) is 5.32 Å². The number of nitrogens with one attached hydrogen (secondary N) is 1. The molecule has 0 heterocycles. The molecule has 1 aromatic rings. The maximum absolute atomic E-state index is 4.31. The van der Waals surface area contributed by atoms with Crippen molar-refractivity contribution in [1.29, 1.82) is 0 Å². The largest absolute Gasteiger partial charge is 0.309 e. The summed E-state index contributed by atoms with van der Waals surface area (Å²) < 4.78 is 0. The number of hydrogen-bond acceptors (Lipinski definition) is 1. The lowest BCUT2D eigenvalue weighted by Gasteiger charge is -2.26. The maximum atomic E-state index is 4.31. The standard InChI is InChI=1S/C18H31NSi/c1-15(2)18(12-16(3)14-20(4,5)6)19-13-17-10-8-7-9-11-17/h7-11,15,18-19H,3,12-14H2,1-2,4-6H3/t18-/m0/s1. The Balaban J connectivity index is 2.51. The minimum absolute atomic E-state index is 0.527. The van der Waals surface area contributed by atoms with Crippen molar-refractivity contribution in [2.45, 2.75) is 58.5 Å². The van der Waals surface area contributed by atoms with Crippen LogP contribution in [0.15, 0.2) is 42.5 Å². The Kier molecular flexibility index (Phi) is 6.70. The van der Waals surface area contributed by atoms with Crippen LogP contribution in [-0.2, 0) is 6.54 Å². The summed E-state index contributed by atoms with van der Waals surface area (Å²) in [6.45, 7) is 17.1. The van der Waals surface area contributed by atoms with Crippen LogP contribution in [0.1, 0.15) is 25.8 Å². The first-order chi connectivity index (χ1) is 9.28. The highest BCUT2D eigenvalue weighted by Crippen LogP contribution is 2.21. The van der Waals surface area contributed by atoms with Gasteiger partial charge in [-0.3, -0.25) is 0 Å². The quantitative estimate of drug-likeness (QED) is 0.519. The van der Waals surface area contributed by atoms with E-state index in [-0.39, 0.29) is 0 Å². The summed E-state index contributed by atoms with van der Waals surface area (Å²) in [6, 6.07) is 12.4. The first kappa shape index (κ1) is 17.2. The zero-order chi connectivity index (χ0) is 15.2. The van der Waals surface area contributed by atoms with Crippen molar-refractivity contribution >= 4 is 8.07 Å². The summed E-state index contributed by atoms with van der Waals surface area (Å²) in [6.07, 6.45) is 1.11. The second kappa shape index (κ2) is 7.80. The Labute approximate surface area is 126 Å². The van der Waals surface area contributed by atoms with E-state index in [1.54, 1.807) is 0 Å². The molecule has 0 bridgehead atoms. The summed E-state index contributed by atoms with van der Waals surface area (Å²) >= 11 is 0. The lowest BCUT2D eigenvalue weighted by atomic mass is 9.97. The van der Waals surface area contributed by atoms with Gasteiger partial charge in [0.1, 0.15) is 0 Å². The number of benzene rings is 1. The molecular weight excluding hydrogens is 258 g/mol. The van der Waals surface area contributed by atoms with Crippen LogP contribution in [0.3, 0.4) is 0 Å². The van der Waals surface area contributed by atoms with E-state index >= 15 is 0 Å². The molecule has 0 saturated carbocycles. The zero-order valence-electron chi connectivity index (χ0n) is 13.9. The molecule has 0 aliphatic rings. The smallest absolute Gasteiger partial charge is 0.0483 e. The third kappa shape index (κ3) is 7.06. The third-order valence-electron chi connectivity index (χ3n) is 3.50. The lowest BCUT2D eigenvalue weighted by molar-refractivity contribution is 0.394. The van der Waals surface area contributed by atoms with E-state index in [0.29, 0.717) is 12.0 Å². The molecule has 0 aliphatic carbocycles. The fraction of sp³-hybridized carbons (Fsp3) is 0.556. The van der Waals surface area contributed by atoms with Crippen LogP contribution in [0.5, 0.6) is 0 Å². The summed E-state index contributed by atoms with van der Waals surface area (Å²) in [4.78, 5) is 0. The number of hydrogen-bond donors (Lipinski definition) is 1. The molecule has 1 nitrogen and oxygen atoms in total. The minimum Gasteiger partial charge on any atom is -0.309 e. The molecule has 1 rings (SSSR count). The molecule has 0 aromatic heterocycles. The van der Waals surface area contributed by atoms with Crippen LogP contribution < -0.4 is 5.32 Å². The monoisotopic (exact) mass is 289 g/mol. The number of rotatable bonds is 8. The van der Waals surface area contributed by atoms with Gasteiger partial charge < -0.3 is 5.32 Å². The van der Waals surface area contributed by atoms with E-state index in [4.69, 9.17) is 0 Å². The van der Waals surface area contributed by atoms with Gasteiger partial charge in [0.2, 0.25) is 0 Å². The summed E-state index contributed by atoms with van der Waals surface area (Å²) in [5.74, 6) is 0.636. The van der Waals surface area contributed by atoms with Crippen LogP contribution in [0.25, 0.3) is 0 Å². The van der Waals surface area contributed by atoms with Crippen molar-refractivity contribution in [2.24, 2.45) is 5.92 Å². The SMILES string of the molecule is C=C(C[C@H](NCc1ccccc1)C(C)C)C[Si](C)(C)C. The van der Waals surface area contributed by atoms with Gasteiger partial charge in [0.05, 0.1) is 0 Å².